The molecule has 7 heteroatoms. The molecule has 138 valence electrons. The summed E-state index contributed by atoms with van der Waals surface area (Å²) in [5.74, 6) is 1.31. The first-order valence-corrected chi connectivity index (χ1v) is 10.1. The van der Waals surface area contributed by atoms with Crippen LogP contribution in [0.1, 0.15) is 51.4 Å². The van der Waals surface area contributed by atoms with Crippen molar-refractivity contribution in [1.82, 2.24) is 19.5 Å². The molecule has 1 saturated carbocycles. The number of thiophene rings is 1. The summed E-state index contributed by atoms with van der Waals surface area (Å²) in [6.45, 7) is 5.87. The Labute approximate surface area is 155 Å². The number of aryl methyl sites for hydroxylation is 1. The molecule has 3 heterocycles. The van der Waals surface area contributed by atoms with Gasteiger partial charge in [-0.25, -0.2) is 4.68 Å². The zero-order chi connectivity index (χ0) is 18.4. The van der Waals surface area contributed by atoms with Gasteiger partial charge in [0.25, 0.3) is 5.56 Å². The van der Waals surface area contributed by atoms with E-state index >= 15 is 0 Å². The van der Waals surface area contributed by atoms with E-state index in [2.05, 4.69) is 17.3 Å². The van der Waals surface area contributed by atoms with Gasteiger partial charge in [0.05, 0.1) is 10.2 Å². The van der Waals surface area contributed by atoms with Gasteiger partial charge in [-0.1, -0.05) is 6.92 Å². The molecule has 1 atom stereocenters. The minimum atomic E-state index is -0.626. The Bertz CT molecular complexity index is 1020. The molecule has 1 aliphatic carbocycles. The summed E-state index contributed by atoms with van der Waals surface area (Å²) in [4.78, 5) is 25.6. The highest BCUT2D eigenvalue weighted by Gasteiger charge is 2.25. The standard InChI is InChI=1S/C19H24N4O2S/c1-11-4-6-14(7-5-11)20-18(24)12(2)23-19(25)16-10-17-15(8-9-26-17)22(16)13(3)21-23/h8-12,14H,4-7H2,1-3H3,(H,20,24). The summed E-state index contributed by atoms with van der Waals surface area (Å²) in [6.07, 6.45) is 4.30. The molecule has 1 unspecified atom stereocenters. The second-order valence-electron chi connectivity index (χ2n) is 7.47. The van der Waals surface area contributed by atoms with E-state index in [4.69, 9.17) is 0 Å². The molecule has 1 aliphatic rings. The Hall–Kier alpha value is -2.15. The Morgan fingerprint density at radius 1 is 1.31 bits per heavy atom. The second-order valence-corrected chi connectivity index (χ2v) is 8.42. The van der Waals surface area contributed by atoms with Crippen molar-refractivity contribution in [2.24, 2.45) is 5.92 Å². The fraction of sp³-hybridized carbons (Fsp3) is 0.526. The van der Waals surface area contributed by atoms with Gasteiger partial charge in [-0.2, -0.15) is 5.10 Å². The maximum Gasteiger partial charge on any atom is 0.291 e. The third-order valence-electron chi connectivity index (χ3n) is 5.53. The van der Waals surface area contributed by atoms with Crippen molar-refractivity contribution in [3.63, 3.8) is 0 Å². The number of hydrogen-bond acceptors (Lipinski definition) is 4. The number of fused-ring (bicyclic) bond motifs is 3. The van der Waals surface area contributed by atoms with Gasteiger partial charge < -0.3 is 5.32 Å². The van der Waals surface area contributed by atoms with Gasteiger partial charge in [-0.15, -0.1) is 11.3 Å². The molecule has 3 aromatic rings. The number of amides is 1. The monoisotopic (exact) mass is 372 g/mol. The van der Waals surface area contributed by atoms with Crippen molar-refractivity contribution in [3.05, 3.63) is 33.7 Å². The molecule has 3 aromatic heterocycles. The first kappa shape index (κ1) is 17.3. The fourth-order valence-corrected chi connectivity index (χ4v) is 4.70. The molecule has 1 amide bonds. The van der Waals surface area contributed by atoms with Crippen LogP contribution in [0.3, 0.4) is 0 Å². The Morgan fingerprint density at radius 3 is 2.77 bits per heavy atom. The van der Waals surface area contributed by atoms with Gasteiger partial charge in [0, 0.05) is 6.04 Å². The van der Waals surface area contributed by atoms with E-state index in [9.17, 15) is 9.59 Å². The van der Waals surface area contributed by atoms with Crippen molar-refractivity contribution in [3.8, 4) is 0 Å². The van der Waals surface area contributed by atoms with E-state index in [1.165, 1.54) is 4.68 Å². The molecule has 0 bridgehead atoms. The summed E-state index contributed by atoms with van der Waals surface area (Å²) in [5, 5.41) is 9.55. The number of aromatic nitrogens is 3. The molecule has 26 heavy (non-hydrogen) atoms. The number of nitrogens with one attached hydrogen (secondary N) is 1. The lowest BCUT2D eigenvalue weighted by Crippen LogP contribution is -2.43. The summed E-state index contributed by atoms with van der Waals surface area (Å²) in [6, 6.07) is 3.46. The predicted octanol–water partition coefficient (Wildman–Crippen LogP) is 3.28. The van der Waals surface area contributed by atoms with Crippen LogP contribution in [0.5, 0.6) is 0 Å². The van der Waals surface area contributed by atoms with Crippen LogP contribution in [0.25, 0.3) is 15.7 Å². The first-order chi connectivity index (χ1) is 12.5. The molecule has 4 rings (SSSR count). The van der Waals surface area contributed by atoms with Crippen LogP contribution in [0, 0.1) is 12.8 Å². The van der Waals surface area contributed by atoms with E-state index in [0.717, 1.165) is 41.8 Å². The quantitative estimate of drug-likeness (QED) is 0.767. The van der Waals surface area contributed by atoms with E-state index in [1.807, 2.05) is 28.8 Å². The highest BCUT2D eigenvalue weighted by atomic mass is 32.1. The van der Waals surface area contributed by atoms with Crippen molar-refractivity contribution in [2.45, 2.75) is 58.5 Å². The maximum absolute atomic E-state index is 12.9. The van der Waals surface area contributed by atoms with Crippen LogP contribution in [0.2, 0.25) is 0 Å². The van der Waals surface area contributed by atoms with Crippen molar-refractivity contribution >= 4 is 33.0 Å². The molecular weight excluding hydrogens is 348 g/mol. The highest BCUT2D eigenvalue weighted by Crippen LogP contribution is 2.25. The van der Waals surface area contributed by atoms with Crippen LogP contribution in [0.4, 0.5) is 0 Å². The smallest absolute Gasteiger partial charge is 0.291 e. The van der Waals surface area contributed by atoms with Crippen LogP contribution in [-0.2, 0) is 4.79 Å². The van der Waals surface area contributed by atoms with Gasteiger partial charge in [0.15, 0.2) is 0 Å². The summed E-state index contributed by atoms with van der Waals surface area (Å²) in [5.41, 5.74) is 1.34. The van der Waals surface area contributed by atoms with Crippen molar-refractivity contribution < 1.29 is 4.79 Å². The average molecular weight is 372 g/mol. The molecule has 1 N–H and O–H groups in total. The van der Waals surface area contributed by atoms with Gasteiger partial charge in [-0.3, -0.25) is 14.0 Å². The molecule has 1 fully saturated rings. The van der Waals surface area contributed by atoms with Gasteiger partial charge in [-0.05, 0) is 63.0 Å². The SMILES string of the molecule is Cc1nn(C(C)C(=O)NC2CCC(C)CC2)c(=O)c2cc3sccc3n12. The van der Waals surface area contributed by atoms with Gasteiger partial charge in [0.1, 0.15) is 17.4 Å². The number of rotatable bonds is 3. The number of nitrogens with zero attached hydrogens (tertiary/aromatic N) is 3. The molecule has 6 nitrogen and oxygen atoms in total. The molecule has 0 aliphatic heterocycles. The molecule has 0 aromatic carbocycles. The van der Waals surface area contributed by atoms with Crippen molar-refractivity contribution in [1.29, 1.82) is 0 Å². The lowest BCUT2D eigenvalue weighted by atomic mass is 9.87. The van der Waals surface area contributed by atoms with E-state index in [1.54, 1.807) is 18.3 Å². The average Bonchev–Trinajstić information content (AvgIpc) is 3.20. The van der Waals surface area contributed by atoms with Crippen LogP contribution in [0.15, 0.2) is 22.3 Å². The van der Waals surface area contributed by atoms with Crippen LogP contribution in [-0.4, -0.2) is 26.1 Å². The Kier molecular flexibility index (Phi) is 4.34. The largest absolute Gasteiger partial charge is 0.352 e. The molecule has 0 spiro atoms. The van der Waals surface area contributed by atoms with E-state index in [-0.39, 0.29) is 17.5 Å². The normalized spacial score (nSPS) is 22.0. The lowest BCUT2D eigenvalue weighted by molar-refractivity contribution is -0.125. The highest BCUT2D eigenvalue weighted by molar-refractivity contribution is 7.17. The Morgan fingerprint density at radius 2 is 2.04 bits per heavy atom. The number of carbonyl (C=O) groups excluding carboxylic acids is 1. The molecular formula is C19H24N4O2S. The van der Waals surface area contributed by atoms with E-state index in [0.29, 0.717) is 11.3 Å². The third-order valence-corrected chi connectivity index (χ3v) is 6.39. The predicted molar refractivity (Wildman–Crippen MR) is 104 cm³/mol. The van der Waals surface area contributed by atoms with Crippen LogP contribution >= 0.6 is 11.3 Å². The zero-order valence-electron chi connectivity index (χ0n) is 15.4. The summed E-state index contributed by atoms with van der Waals surface area (Å²) >= 11 is 1.60. The first-order valence-electron chi connectivity index (χ1n) is 9.24. The number of carbonyl (C=O) groups is 1. The summed E-state index contributed by atoms with van der Waals surface area (Å²) < 4.78 is 4.26. The topological polar surface area (TPSA) is 68.4 Å². The van der Waals surface area contributed by atoms with E-state index < -0.39 is 6.04 Å². The fourth-order valence-electron chi connectivity index (χ4n) is 3.89. The zero-order valence-corrected chi connectivity index (χ0v) is 16.2. The second kappa shape index (κ2) is 6.54. The minimum Gasteiger partial charge on any atom is -0.352 e. The van der Waals surface area contributed by atoms with Crippen molar-refractivity contribution in [2.75, 3.05) is 0 Å². The van der Waals surface area contributed by atoms with Gasteiger partial charge in [0.2, 0.25) is 5.91 Å². The Balaban J connectivity index is 1.64. The number of hydrogen-bond donors (Lipinski definition) is 1. The van der Waals surface area contributed by atoms with Gasteiger partial charge >= 0.3 is 0 Å². The minimum absolute atomic E-state index is 0.128. The third kappa shape index (κ3) is 2.84. The maximum atomic E-state index is 12.9. The lowest BCUT2D eigenvalue weighted by Gasteiger charge is -2.28. The molecule has 0 radical (unpaired) electrons. The summed E-state index contributed by atoms with van der Waals surface area (Å²) in [7, 11) is 0. The van der Waals surface area contributed by atoms with Crippen LogP contribution < -0.4 is 10.9 Å². The molecule has 0 saturated heterocycles.